The minimum Gasteiger partial charge on any atom is -0.485 e. The van der Waals surface area contributed by atoms with E-state index in [9.17, 15) is 13.6 Å². The van der Waals surface area contributed by atoms with Crippen LogP contribution in [-0.4, -0.2) is 18.6 Å². The molecule has 2 aromatic rings. The maximum Gasteiger partial charge on any atom is 0.251 e. The van der Waals surface area contributed by atoms with Gasteiger partial charge in [0.25, 0.3) is 5.91 Å². The van der Waals surface area contributed by atoms with Gasteiger partial charge >= 0.3 is 0 Å². The highest BCUT2D eigenvalue weighted by Crippen LogP contribution is 2.32. The number of benzene rings is 2. The predicted octanol–water partition coefficient (Wildman–Crippen LogP) is 2.70. The Bertz CT molecular complexity index is 673. The van der Waals surface area contributed by atoms with E-state index in [4.69, 9.17) is 4.74 Å². The predicted molar refractivity (Wildman–Crippen MR) is 73.3 cm³/mol. The fourth-order valence-electron chi connectivity index (χ4n) is 2.36. The molecule has 3 rings (SSSR count). The average Bonchev–Trinajstić information content (AvgIpc) is 2.89. The molecule has 21 heavy (non-hydrogen) atoms. The van der Waals surface area contributed by atoms with Gasteiger partial charge in [-0.05, 0) is 18.2 Å². The smallest absolute Gasteiger partial charge is 0.251 e. The Morgan fingerprint density at radius 1 is 1.24 bits per heavy atom. The molecule has 0 fully saturated rings. The van der Waals surface area contributed by atoms with E-state index in [1.807, 2.05) is 6.07 Å². The normalized spacial score (nSPS) is 16.2. The summed E-state index contributed by atoms with van der Waals surface area (Å²) in [6, 6.07) is 10.8. The molecule has 0 unspecified atom stereocenters. The van der Waals surface area contributed by atoms with Crippen molar-refractivity contribution in [3.63, 3.8) is 0 Å². The topological polar surface area (TPSA) is 38.3 Å². The summed E-state index contributed by atoms with van der Waals surface area (Å²) in [5.41, 5.74) is 1.04. The maximum absolute atomic E-state index is 13.5. The molecule has 0 aliphatic carbocycles. The van der Waals surface area contributed by atoms with Gasteiger partial charge in [0.1, 0.15) is 11.9 Å². The van der Waals surface area contributed by atoms with E-state index in [0.717, 1.165) is 6.07 Å². The molecule has 5 heteroatoms. The highest BCUT2D eigenvalue weighted by Gasteiger charge is 2.27. The van der Waals surface area contributed by atoms with Crippen molar-refractivity contribution >= 4 is 5.91 Å². The summed E-state index contributed by atoms with van der Waals surface area (Å²) in [6.45, 7) is 0.240. The van der Waals surface area contributed by atoms with Crippen LogP contribution in [0.2, 0.25) is 0 Å². The van der Waals surface area contributed by atoms with Crippen LogP contribution in [0.1, 0.15) is 15.9 Å². The second-order valence-electron chi connectivity index (χ2n) is 4.90. The first-order chi connectivity index (χ1) is 10.1. The summed E-state index contributed by atoms with van der Waals surface area (Å²) in [7, 11) is 0. The van der Waals surface area contributed by atoms with E-state index < -0.39 is 11.6 Å². The van der Waals surface area contributed by atoms with Crippen molar-refractivity contribution in [1.82, 2.24) is 5.32 Å². The van der Waals surface area contributed by atoms with Crippen LogP contribution in [0.4, 0.5) is 8.78 Å². The molecule has 1 aliphatic rings. The number of rotatable bonds is 3. The first-order valence-corrected chi connectivity index (χ1v) is 6.61. The van der Waals surface area contributed by atoms with Crippen LogP contribution in [-0.2, 0) is 6.42 Å². The number of halogens is 2. The number of fused-ring (bicyclic) bond motifs is 1. The Morgan fingerprint density at radius 3 is 2.76 bits per heavy atom. The third kappa shape index (κ3) is 2.86. The molecule has 1 N–H and O–H groups in total. The fraction of sp³-hybridized carbons (Fsp3) is 0.188. The van der Waals surface area contributed by atoms with Gasteiger partial charge in [0, 0.05) is 23.6 Å². The first kappa shape index (κ1) is 13.5. The van der Waals surface area contributed by atoms with Gasteiger partial charge in [-0.1, -0.05) is 18.2 Å². The highest BCUT2D eigenvalue weighted by molar-refractivity contribution is 5.94. The number of carbonyl (C=O) groups is 1. The Kier molecular flexibility index (Phi) is 3.56. The third-order valence-electron chi connectivity index (χ3n) is 3.34. The van der Waals surface area contributed by atoms with Crippen LogP contribution in [0.25, 0.3) is 0 Å². The van der Waals surface area contributed by atoms with Crippen LogP contribution in [0.3, 0.4) is 0 Å². The fourth-order valence-corrected chi connectivity index (χ4v) is 2.36. The summed E-state index contributed by atoms with van der Waals surface area (Å²) < 4.78 is 32.1. The van der Waals surface area contributed by atoms with Gasteiger partial charge in [-0.15, -0.1) is 0 Å². The number of ether oxygens (including phenoxy) is 1. The number of hydrogen-bond donors (Lipinski definition) is 1. The molecule has 0 bridgehead atoms. The van der Waals surface area contributed by atoms with Gasteiger partial charge in [0.2, 0.25) is 0 Å². The Morgan fingerprint density at radius 2 is 2.00 bits per heavy atom. The van der Waals surface area contributed by atoms with E-state index >= 15 is 0 Å². The van der Waals surface area contributed by atoms with Gasteiger partial charge in [0.05, 0.1) is 6.54 Å². The first-order valence-electron chi connectivity index (χ1n) is 6.61. The molecule has 3 nitrogen and oxygen atoms in total. The Labute approximate surface area is 120 Å². The molecule has 0 aromatic heterocycles. The standard InChI is InChI=1S/C16H13F2NO2/c17-12-6-11-7-13(21-15(11)14(18)8-12)9-19-16(20)10-4-2-1-3-5-10/h1-6,8,13H,7,9H2,(H,19,20)/t13-/m1/s1. The van der Waals surface area contributed by atoms with Crippen molar-refractivity contribution in [3.8, 4) is 5.75 Å². The molecule has 1 atom stereocenters. The number of hydrogen-bond acceptors (Lipinski definition) is 2. The van der Waals surface area contributed by atoms with E-state index in [2.05, 4.69) is 5.32 Å². The number of carbonyl (C=O) groups excluding carboxylic acids is 1. The lowest BCUT2D eigenvalue weighted by atomic mass is 10.1. The van der Waals surface area contributed by atoms with Crippen molar-refractivity contribution in [2.45, 2.75) is 12.5 Å². The molecule has 1 aliphatic heterocycles. The summed E-state index contributed by atoms with van der Waals surface area (Å²) in [5.74, 6) is -1.47. The van der Waals surface area contributed by atoms with Crippen LogP contribution in [0, 0.1) is 11.6 Å². The number of amides is 1. The maximum atomic E-state index is 13.5. The summed E-state index contributed by atoms with van der Waals surface area (Å²) >= 11 is 0. The second kappa shape index (κ2) is 5.52. The quantitative estimate of drug-likeness (QED) is 0.943. The molecule has 0 saturated heterocycles. The molecule has 2 aromatic carbocycles. The van der Waals surface area contributed by atoms with Crippen molar-refractivity contribution in [2.75, 3.05) is 6.54 Å². The lowest BCUT2D eigenvalue weighted by Crippen LogP contribution is -2.34. The van der Waals surface area contributed by atoms with Gasteiger partial charge in [-0.2, -0.15) is 0 Å². The van der Waals surface area contributed by atoms with E-state index in [-0.39, 0.29) is 24.3 Å². The van der Waals surface area contributed by atoms with Gasteiger partial charge in [-0.25, -0.2) is 8.78 Å². The SMILES string of the molecule is O=C(NC[C@H]1Cc2cc(F)cc(F)c2O1)c1ccccc1. The van der Waals surface area contributed by atoms with E-state index in [1.54, 1.807) is 24.3 Å². The van der Waals surface area contributed by atoms with Gasteiger partial charge in [0.15, 0.2) is 11.6 Å². The van der Waals surface area contributed by atoms with Gasteiger partial charge in [-0.3, -0.25) is 4.79 Å². The molecule has 1 amide bonds. The van der Waals surface area contributed by atoms with Crippen molar-refractivity contribution in [3.05, 3.63) is 65.2 Å². The minimum atomic E-state index is -0.707. The lowest BCUT2D eigenvalue weighted by Gasteiger charge is -2.12. The van der Waals surface area contributed by atoms with Crippen LogP contribution < -0.4 is 10.1 Å². The minimum absolute atomic E-state index is 0.0790. The van der Waals surface area contributed by atoms with Crippen LogP contribution in [0.5, 0.6) is 5.75 Å². The van der Waals surface area contributed by atoms with Gasteiger partial charge < -0.3 is 10.1 Å². The number of nitrogens with one attached hydrogen (secondary N) is 1. The zero-order chi connectivity index (χ0) is 14.8. The summed E-state index contributed by atoms with van der Waals surface area (Å²) in [5, 5.41) is 2.73. The second-order valence-corrected chi connectivity index (χ2v) is 4.90. The zero-order valence-electron chi connectivity index (χ0n) is 11.1. The lowest BCUT2D eigenvalue weighted by molar-refractivity contribution is 0.0933. The average molecular weight is 289 g/mol. The Hall–Kier alpha value is -2.43. The van der Waals surface area contributed by atoms with Crippen molar-refractivity contribution < 1.29 is 18.3 Å². The van der Waals surface area contributed by atoms with E-state index in [0.29, 0.717) is 17.5 Å². The van der Waals surface area contributed by atoms with Crippen LogP contribution in [0.15, 0.2) is 42.5 Å². The van der Waals surface area contributed by atoms with Crippen molar-refractivity contribution in [1.29, 1.82) is 0 Å². The zero-order valence-corrected chi connectivity index (χ0v) is 11.1. The van der Waals surface area contributed by atoms with E-state index in [1.165, 1.54) is 6.07 Å². The molecule has 108 valence electrons. The third-order valence-corrected chi connectivity index (χ3v) is 3.34. The molecular formula is C16H13F2NO2. The molecular weight excluding hydrogens is 276 g/mol. The van der Waals surface area contributed by atoms with Crippen LogP contribution >= 0.6 is 0 Å². The Balaban J connectivity index is 1.62. The monoisotopic (exact) mass is 289 g/mol. The summed E-state index contributed by atoms with van der Waals surface area (Å²) in [6.07, 6.45) is -0.0111. The summed E-state index contributed by atoms with van der Waals surface area (Å²) in [4.78, 5) is 11.9. The largest absolute Gasteiger partial charge is 0.485 e. The molecule has 0 saturated carbocycles. The molecule has 0 radical (unpaired) electrons. The highest BCUT2D eigenvalue weighted by atomic mass is 19.1. The van der Waals surface area contributed by atoms with Crippen molar-refractivity contribution in [2.24, 2.45) is 0 Å². The molecule has 0 spiro atoms. The molecule has 1 heterocycles.